The number of carbonyl (C=O) groups is 2. The molecule has 33 heavy (non-hydrogen) atoms. The molecule has 0 radical (unpaired) electrons. The summed E-state index contributed by atoms with van der Waals surface area (Å²) in [4.78, 5) is 24.9. The molecule has 0 bridgehead atoms. The number of rotatable bonds is 12. The summed E-state index contributed by atoms with van der Waals surface area (Å²) in [5.41, 5.74) is 15.1. The van der Waals surface area contributed by atoms with Gasteiger partial charge in [0.05, 0.1) is 19.2 Å². The van der Waals surface area contributed by atoms with Crippen molar-refractivity contribution < 1.29 is 14.3 Å². The Labute approximate surface area is 194 Å². The second kappa shape index (κ2) is 13.2. The number of carbonyl (C=O) groups excluding carboxylic acids is 2. The SMILES string of the molecule is CCc1ccc(C(CN)NC(=O)/C(N)=C/N(N)CCNC(=O)c2ccccc2COC)cc1. The maximum absolute atomic E-state index is 12.5. The minimum atomic E-state index is -0.474. The molecule has 1 atom stereocenters. The highest BCUT2D eigenvalue weighted by Crippen LogP contribution is 2.14. The van der Waals surface area contributed by atoms with Crippen LogP contribution in [0.3, 0.4) is 0 Å². The molecule has 0 aliphatic heterocycles. The van der Waals surface area contributed by atoms with E-state index in [4.69, 9.17) is 22.0 Å². The van der Waals surface area contributed by atoms with E-state index in [1.165, 1.54) is 16.8 Å². The average Bonchev–Trinajstić information content (AvgIpc) is 2.82. The normalized spacial score (nSPS) is 12.2. The molecule has 0 saturated carbocycles. The summed E-state index contributed by atoms with van der Waals surface area (Å²) < 4.78 is 5.13. The highest BCUT2D eigenvalue weighted by molar-refractivity contribution is 5.95. The van der Waals surface area contributed by atoms with Gasteiger partial charge in [0.25, 0.3) is 11.8 Å². The Bertz CT molecular complexity index is 945. The summed E-state index contributed by atoms with van der Waals surface area (Å²) in [6.07, 6.45) is 2.26. The average molecular weight is 455 g/mol. The molecule has 1 unspecified atom stereocenters. The van der Waals surface area contributed by atoms with Crippen molar-refractivity contribution >= 4 is 11.8 Å². The standard InChI is InChI=1S/C24H34N6O3/c1-3-17-8-10-18(11-9-17)22(14-25)29-24(32)21(26)15-30(27)13-12-28-23(31)20-7-5-4-6-19(20)16-33-2/h4-11,15,22H,3,12-14,16,25-27H2,1-2H3,(H,28,31)(H,29,32)/b21-15-. The lowest BCUT2D eigenvalue weighted by Gasteiger charge is -2.19. The summed E-state index contributed by atoms with van der Waals surface area (Å²) >= 11 is 0. The minimum Gasteiger partial charge on any atom is -0.393 e. The first-order valence-electron chi connectivity index (χ1n) is 10.8. The Balaban J connectivity index is 1.87. The van der Waals surface area contributed by atoms with Gasteiger partial charge in [-0.3, -0.25) is 9.59 Å². The van der Waals surface area contributed by atoms with Crippen molar-refractivity contribution in [2.24, 2.45) is 17.3 Å². The fourth-order valence-electron chi connectivity index (χ4n) is 3.22. The number of methoxy groups -OCH3 is 1. The van der Waals surface area contributed by atoms with Crippen LogP contribution in [0, 0.1) is 0 Å². The molecular weight excluding hydrogens is 420 g/mol. The third kappa shape index (κ3) is 7.90. The summed E-state index contributed by atoms with van der Waals surface area (Å²) in [5.74, 6) is 5.22. The van der Waals surface area contributed by atoms with Crippen molar-refractivity contribution in [3.05, 3.63) is 82.7 Å². The van der Waals surface area contributed by atoms with Crippen LogP contribution in [0.15, 0.2) is 60.4 Å². The fraction of sp³-hybridized carbons (Fsp3) is 0.333. The Morgan fingerprint density at radius 3 is 2.48 bits per heavy atom. The first-order chi connectivity index (χ1) is 15.9. The fourth-order valence-corrected chi connectivity index (χ4v) is 3.22. The van der Waals surface area contributed by atoms with Crippen molar-refractivity contribution in [3.63, 3.8) is 0 Å². The van der Waals surface area contributed by atoms with E-state index in [0.717, 1.165) is 17.5 Å². The predicted molar refractivity (Wildman–Crippen MR) is 128 cm³/mol. The molecule has 9 heteroatoms. The van der Waals surface area contributed by atoms with Crippen LogP contribution < -0.4 is 27.9 Å². The van der Waals surface area contributed by atoms with Gasteiger partial charge in [0.15, 0.2) is 0 Å². The quantitative estimate of drug-likeness (QED) is 0.182. The zero-order valence-electron chi connectivity index (χ0n) is 19.2. The molecule has 0 aliphatic rings. The summed E-state index contributed by atoms with van der Waals surface area (Å²) in [6.45, 7) is 3.16. The van der Waals surface area contributed by atoms with E-state index in [2.05, 4.69) is 17.6 Å². The Hall–Kier alpha value is -3.40. The van der Waals surface area contributed by atoms with Gasteiger partial charge in [0, 0.05) is 32.0 Å². The molecule has 0 heterocycles. The Morgan fingerprint density at radius 2 is 1.85 bits per heavy atom. The van der Waals surface area contributed by atoms with E-state index < -0.39 is 5.91 Å². The number of hydrogen-bond acceptors (Lipinski definition) is 7. The number of hydrogen-bond donors (Lipinski definition) is 5. The summed E-state index contributed by atoms with van der Waals surface area (Å²) in [5, 5.41) is 6.87. The topological polar surface area (TPSA) is 149 Å². The zero-order chi connectivity index (χ0) is 24.2. The largest absolute Gasteiger partial charge is 0.393 e. The third-order valence-electron chi connectivity index (χ3n) is 5.12. The van der Waals surface area contributed by atoms with E-state index in [1.807, 2.05) is 36.4 Å². The van der Waals surface area contributed by atoms with Gasteiger partial charge in [-0.15, -0.1) is 0 Å². The second-order valence-corrected chi connectivity index (χ2v) is 7.53. The molecule has 2 aromatic rings. The van der Waals surface area contributed by atoms with Gasteiger partial charge in [-0.05, 0) is 29.2 Å². The second-order valence-electron chi connectivity index (χ2n) is 7.53. The number of ether oxygens (including phenoxy) is 1. The number of hydrazine groups is 1. The van der Waals surface area contributed by atoms with Crippen molar-refractivity contribution in [1.82, 2.24) is 15.6 Å². The van der Waals surface area contributed by atoms with E-state index in [-0.39, 0.29) is 37.3 Å². The molecule has 9 nitrogen and oxygen atoms in total. The number of nitrogens with zero attached hydrogens (tertiary/aromatic N) is 1. The van der Waals surface area contributed by atoms with Crippen molar-refractivity contribution in [2.75, 3.05) is 26.7 Å². The molecule has 2 aromatic carbocycles. The predicted octanol–water partition coefficient (Wildman–Crippen LogP) is 0.917. The minimum absolute atomic E-state index is 0.0575. The molecule has 0 saturated heterocycles. The van der Waals surface area contributed by atoms with E-state index in [0.29, 0.717) is 12.2 Å². The highest BCUT2D eigenvalue weighted by atomic mass is 16.5. The monoisotopic (exact) mass is 454 g/mol. The number of nitrogens with one attached hydrogen (secondary N) is 2. The lowest BCUT2D eigenvalue weighted by molar-refractivity contribution is -0.118. The Morgan fingerprint density at radius 1 is 1.15 bits per heavy atom. The van der Waals surface area contributed by atoms with Crippen LogP contribution in [0.5, 0.6) is 0 Å². The maximum Gasteiger partial charge on any atom is 0.269 e. The van der Waals surface area contributed by atoms with Crippen LogP contribution in [-0.4, -0.2) is 43.6 Å². The zero-order valence-corrected chi connectivity index (χ0v) is 19.2. The Kier molecular flexibility index (Phi) is 10.4. The van der Waals surface area contributed by atoms with Crippen LogP contribution in [0.2, 0.25) is 0 Å². The maximum atomic E-state index is 12.5. The molecule has 2 rings (SSSR count). The van der Waals surface area contributed by atoms with Crippen molar-refractivity contribution in [3.8, 4) is 0 Å². The molecule has 2 amide bonds. The molecule has 178 valence electrons. The summed E-state index contributed by atoms with van der Waals surface area (Å²) in [7, 11) is 1.58. The first-order valence-corrected chi connectivity index (χ1v) is 10.8. The van der Waals surface area contributed by atoms with Gasteiger partial charge in [0.1, 0.15) is 5.70 Å². The number of amides is 2. The molecule has 8 N–H and O–H groups in total. The van der Waals surface area contributed by atoms with Gasteiger partial charge in [-0.1, -0.05) is 49.4 Å². The number of nitrogens with two attached hydrogens (primary N) is 3. The molecular formula is C24H34N6O3. The van der Waals surface area contributed by atoms with Crippen LogP contribution in [-0.2, 0) is 22.6 Å². The first kappa shape index (κ1) is 25.9. The molecule has 0 aromatic heterocycles. The van der Waals surface area contributed by atoms with E-state index in [9.17, 15) is 9.59 Å². The summed E-state index contributed by atoms with van der Waals surface area (Å²) in [6, 6.07) is 14.7. The van der Waals surface area contributed by atoms with Crippen molar-refractivity contribution in [2.45, 2.75) is 26.0 Å². The number of aryl methyl sites for hydroxylation is 1. The van der Waals surface area contributed by atoms with E-state index >= 15 is 0 Å². The van der Waals surface area contributed by atoms with Gasteiger partial charge >= 0.3 is 0 Å². The lowest BCUT2D eigenvalue weighted by atomic mass is 10.0. The van der Waals surface area contributed by atoms with Crippen LogP contribution >= 0.6 is 0 Å². The molecule has 0 spiro atoms. The van der Waals surface area contributed by atoms with Gasteiger partial charge in [0.2, 0.25) is 0 Å². The number of benzene rings is 2. The van der Waals surface area contributed by atoms with E-state index in [1.54, 1.807) is 19.2 Å². The van der Waals surface area contributed by atoms with Gasteiger partial charge in [-0.2, -0.15) is 0 Å². The van der Waals surface area contributed by atoms with Crippen molar-refractivity contribution in [1.29, 1.82) is 0 Å². The third-order valence-corrected chi connectivity index (χ3v) is 5.12. The van der Waals surface area contributed by atoms with Crippen LogP contribution in [0.4, 0.5) is 0 Å². The lowest BCUT2D eigenvalue weighted by Crippen LogP contribution is -2.39. The van der Waals surface area contributed by atoms with Crippen LogP contribution in [0.1, 0.15) is 40.0 Å². The highest BCUT2D eigenvalue weighted by Gasteiger charge is 2.15. The van der Waals surface area contributed by atoms with Gasteiger partial charge in [-0.25, -0.2) is 5.84 Å². The molecule has 0 fully saturated rings. The van der Waals surface area contributed by atoms with Gasteiger partial charge < -0.3 is 31.8 Å². The van der Waals surface area contributed by atoms with Crippen LogP contribution in [0.25, 0.3) is 0 Å². The molecule has 0 aliphatic carbocycles. The smallest absolute Gasteiger partial charge is 0.269 e.